The smallest absolute Gasteiger partial charge is 0.0991 e. The van der Waals surface area contributed by atoms with Crippen molar-refractivity contribution in [3.63, 3.8) is 0 Å². The molecule has 0 aliphatic heterocycles. The molecule has 12 heavy (non-hydrogen) atoms. The number of hydrogen-bond acceptors (Lipinski definition) is 1. The van der Waals surface area contributed by atoms with Crippen LogP contribution in [-0.2, 0) is 0 Å². The van der Waals surface area contributed by atoms with Crippen molar-refractivity contribution in [2.45, 2.75) is 18.8 Å². The summed E-state index contributed by atoms with van der Waals surface area (Å²) in [6.07, 6.45) is 2.54. The Hall–Kier alpha value is -1.29. The Kier molecular flexibility index (Phi) is 1.62. The summed E-state index contributed by atoms with van der Waals surface area (Å²) < 4.78 is 0. The number of nitrogens with zero attached hydrogens (tertiary/aromatic N) is 1. The normalized spacial score (nSPS) is 15.7. The van der Waals surface area contributed by atoms with E-state index in [1.165, 1.54) is 18.4 Å². The minimum atomic E-state index is 0.707. The monoisotopic (exact) mass is 156 g/mol. The minimum Gasteiger partial charge on any atom is -0.192 e. The second-order valence-corrected chi connectivity index (χ2v) is 3.35. The number of rotatable bonds is 1. The van der Waals surface area contributed by atoms with E-state index in [0.717, 1.165) is 11.1 Å². The summed E-state index contributed by atoms with van der Waals surface area (Å²) in [6, 6.07) is 8.04. The summed E-state index contributed by atoms with van der Waals surface area (Å²) in [7, 11) is 0. The quantitative estimate of drug-likeness (QED) is 0.613. The van der Waals surface area contributed by atoms with Gasteiger partial charge in [-0.25, -0.2) is 0 Å². The Labute approximate surface area is 72.6 Å². The van der Waals surface area contributed by atoms with Crippen molar-refractivity contribution in [3.8, 4) is 6.07 Å². The largest absolute Gasteiger partial charge is 0.192 e. The van der Waals surface area contributed by atoms with E-state index in [1.807, 2.05) is 12.1 Å². The van der Waals surface area contributed by atoms with Crippen LogP contribution in [0.4, 0.5) is 0 Å². The van der Waals surface area contributed by atoms with Gasteiger partial charge >= 0.3 is 0 Å². The molecule has 2 rings (SSSR count). The van der Waals surface area contributed by atoms with Crippen molar-refractivity contribution >= 4 is 0 Å². The van der Waals surface area contributed by atoms with Crippen molar-refractivity contribution in [1.29, 1.82) is 5.26 Å². The number of nitriles is 1. The maximum Gasteiger partial charge on any atom is 0.0991 e. The van der Waals surface area contributed by atoms with E-state index in [4.69, 9.17) is 5.26 Å². The Balaban J connectivity index is 2.43. The molecule has 1 nitrogen and oxygen atoms in total. The van der Waals surface area contributed by atoms with Crippen molar-refractivity contribution in [1.82, 2.24) is 0 Å². The molecule has 0 spiro atoms. The predicted octanol–water partition coefficient (Wildman–Crippen LogP) is 2.62. The molecule has 1 aromatic rings. The fourth-order valence-electron chi connectivity index (χ4n) is 1.44. The first-order valence-electron chi connectivity index (χ1n) is 4.16. The molecule has 0 bridgehead atoms. The second kappa shape index (κ2) is 2.64. The van der Waals surface area contributed by atoms with Gasteiger partial charge in [0.15, 0.2) is 0 Å². The van der Waals surface area contributed by atoms with Gasteiger partial charge in [-0.05, 0) is 48.9 Å². The van der Waals surface area contributed by atoms with Crippen LogP contribution in [0.2, 0.25) is 0 Å². The van der Waals surface area contributed by atoms with Crippen LogP contribution in [0, 0.1) is 18.3 Å². The lowest BCUT2D eigenvalue weighted by molar-refractivity contribution is 1.12. The highest BCUT2D eigenvalue weighted by atomic mass is 14.3. The van der Waals surface area contributed by atoms with Crippen molar-refractivity contribution < 1.29 is 0 Å². The first-order valence-corrected chi connectivity index (χ1v) is 4.16. The predicted molar refractivity (Wildman–Crippen MR) is 47.6 cm³/mol. The molecule has 1 aromatic carbocycles. The zero-order valence-corrected chi connectivity index (χ0v) is 6.88. The lowest BCUT2D eigenvalue weighted by atomic mass is 10.0. The van der Waals surface area contributed by atoms with Gasteiger partial charge in [0.25, 0.3) is 0 Å². The van der Waals surface area contributed by atoms with Gasteiger partial charge in [0.2, 0.25) is 0 Å². The third-order valence-electron chi connectivity index (χ3n) is 2.19. The Morgan fingerprint density at radius 2 is 2.08 bits per heavy atom. The maximum atomic E-state index is 8.71. The molecule has 1 aliphatic carbocycles. The fraction of sp³-hybridized carbons (Fsp3) is 0.273. The standard InChI is InChI=1S/C11H10N/c1-8-4-9(7-12)6-11(5-8)10-2-3-10/h4-6,10H,1-3H2. The van der Waals surface area contributed by atoms with Gasteiger partial charge in [-0.1, -0.05) is 6.07 Å². The van der Waals surface area contributed by atoms with Gasteiger partial charge in [-0.2, -0.15) is 5.26 Å². The molecule has 0 atom stereocenters. The molecule has 0 amide bonds. The summed E-state index contributed by atoms with van der Waals surface area (Å²) in [5.74, 6) is 0.707. The van der Waals surface area contributed by atoms with Crippen LogP contribution in [0.5, 0.6) is 0 Å². The highest BCUT2D eigenvalue weighted by Crippen LogP contribution is 2.40. The van der Waals surface area contributed by atoms with Crippen molar-refractivity contribution in [2.24, 2.45) is 0 Å². The van der Waals surface area contributed by atoms with E-state index in [2.05, 4.69) is 19.1 Å². The first-order chi connectivity index (χ1) is 5.79. The fourth-order valence-corrected chi connectivity index (χ4v) is 1.44. The SMILES string of the molecule is [CH2]c1cc(C#N)cc(C2CC2)c1. The average Bonchev–Trinajstić information content (AvgIpc) is 2.85. The maximum absolute atomic E-state index is 8.71. The average molecular weight is 156 g/mol. The molecule has 1 saturated carbocycles. The molecule has 0 aromatic heterocycles. The third-order valence-corrected chi connectivity index (χ3v) is 2.19. The van der Waals surface area contributed by atoms with Crippen molar-refractivity contribution in [2.75, 3.05) is 0 Å². The van der Waals surface area contributed by atoms with Crippen molar-refractivity contribution in [3.05, 3.63) is 41.8 Å². The van der Waals surface area contributed by atoms with Crippen LogP contribution in [0.1, 0.15) is 35.4 Å². The molecule has 1 aliphatic rings. The van der Waals surface area contributed by atoms with Crippen LogP contribution in [-0.4, -0.2) is 0 Å². The lowest BCUT2D eigenvalue weighted by Crippen LogP contribution is -1.84. The number of benzene rings is 1. The Bertz CT molecular complexity index is 343. The van der Waals surface area contributed by atoms with Gasteiger partial charge < -0.3 is 0 Å². The summed E-state index contributed by atoms with van der Waals surface area (Å²) in [6.45, 7) is 3.85. The summed E-state index contributed by atoms with van der Waals surface area (Å²) in [4.78, 5) is 0. The molecule has 0 N–H and O–H groups in total. The molecular weight excluding hydrogens is 146 g/mol. The zero-order chi connectivity index (χ0) is 8.55. The Morgan fingerprint density at radius 1 is 1.33 bits per heavy atom. The molecule has 1 heteroatoms. The molecule has 1 radical (unpaired) electrons. The molecule has 0 saturated heterocycles. The molecule has 59 valence electrons. The highest BCUT2D eigenvalue weighted by molar-refractivity contribution is 5.41. The van der Waals surface area contributed by atoms with E-state index < -0.39 is 0 Å². The van der Waals surface area contributed by atoms with Crippen LogP contribution >= 0.6 is 0 Å². The summed E-state index contributed by atoms with van der Waals surface area (Å²) in [5, 5.41) is 8.71. The van der Waals surface area contributed by atoms with Gasteiger partial charge in [0.05, 0.1) is 11.6 Å². The van der Waals surface area contributed by atoms with Gasteiger partial charge in [-0.15, -0.1) is 0 Å². The third kappa shape index (κ3) is 1.33. The molecule has 0 heterocycles. The Morgan fingerprint density at radius 3 is 2.67 bits per heavy atom. The topological polar surface area (TPSA) is 23.8 Å². The molecule has 0 unspecified atom stereocenters. The lowest BCUT2D eigenvalue weighted by Gasteiger charge is -2.00. The summed E-state index contributed by atoms with van der Waals surface area (Å²) >= 11 is 0. The van der Waals surface area contributed by atoms with Crippen LogP contribution in [0.3, 0.4) is 0 Å². The van der Waals surface area contributed by atoms with Gasteiger partial charge in [-0.3, -0.25) is 0 Å². The molecular formula is C11H10N. The van der Waals surface area contributed by atoms with E-state index in [0.29, 0.717) is 5.92 Å². The second-order valence-electron chi connectivity index (χ2n) is 3.35. The van der Waals surface area contributed by atoms with E-state index in [9.17, 15) is 0 Å². The van der Waals surface area contributed by atoms with Gasteiger partial charge in [0.1, 0.15) is 0 Å². The van der Waals surface area contributed by atoms with E-state index >= 15 is 0 Å². The zero-order valence-electron chi connectivity index (χ0n) is 6.88. The number of hydrogen-bond donors (Lipinski definition) is 0. The minimum absolute atomic E-state index is 0.707. The van der Waals surface area contributed by atoms with Crippen LogP contribution in [0.15, 0.2) is 18.2 Å². The first kappa shape index (κ1) is 7.36. The van der Waals surface area contributed by atoms with E-state index in [1.54, 1.807) is 0 Å². The van der Waals surface area contributed by atoms with Gasteiger partial charge in [0, 0.05) is 0 Å². The highest BCUT2D eigenvalue weighted by Gasteiger charge is 2.23. The van der Waals surface area contributed by atoms with Crippen LogP contribution < -0.4 is 0 Å². The van der Waals surface area contributed by atoms with Crippen LogP contribution in [0.25, 0.3) is 0 Å². The van der Waals surface area contributed by atoms with E-state index in [-0.39, 0.29) is 0 Å². The molecule has 1 fully saturated rings. The summed E-state index contributed by atoms with van der Waals surface area (Å²) in [5.41, 5.74) is 2.99.